The molecule has 1 heterocycles. The van der Waals surface area contributed by atoms with Crippen molar-refractivity contribution >= 4 is 16.8 Å². The number of H-pyrrole nitrogens is 1. The standard InChI is InChI=1S/C22H24N2O/c1-15-7-9-16(10-8-15)13-22(25)24(2)17-11-12-21-19(14-17)18-5-3-4-6-20(18)23-21/h3-10,17,23H,11-14H2,1-2H3. The minimum Gasteiger partial charge on any atom is -0.358 e. The number of aryl methyl sites for hydroxylation is 2. The Morgan fingerprint density at radius 2 is 1.92 bits per heavy atom. The van der Waals surface area contributed by atoms with Crippen LogP contribution in [-0.4, -0.2) is 28.9 Å². The maximum atomic E-state index is 12.7. The zero-order valence-corrected chi connectivity index (χ0v) is 14.9. The predicted molar refractivity (Wildman–Crippen MR) is 102 cm³/mol. The number of para-hydroxylation sites is 1. The van der Waals surface area contributed by atoms with E-state index in [2.05, 4.69) is 60.4 Å². The van der Waals surface area contributed by atoms with Gasteiger partial charge < -0.3 is 9.88 Å². The maximum Gasteiger partial charge on any atom is 0.226 e. The van der Waals surface area contributed by atoms with Gasteiger partial charge in [0.25, 0.3) is 0 Å². The van der Waals surface area contributed by atoms with Crippen LogP contribution in [0.3, 0.4) is 0 Å². The van der Waals surface area contributed by atoms with E-state index < -0.39 is 0 Å². The van der Waals surface area contributed by atoms with E-state index in [0.29, 0.717) is 6.42 Å². The van der Waals surface area contributed by atoms with Gasteiger partial charge in [-0.25, -0.2) is 0 Å². The van der Waals surface area contributed by atoms with Crippen molar-refractivity contribution in [1.29, 1.82) is 0 Å². The Bertz CT molecular complexity index is 907. The molecule has 1 aromatic heterocycles. The molecule has 3 nitrogen and oxygen atoms in total. The largest absolute Gasteiger partial charge is 0.358 e. The summed E-state index contributed by atoms with van der Waals surface area (Å²) in [4.78, 5) is 18.2. The van der Waals surface area contributed by atoms with Crippen LogP contribution in [0.25, 0.3) is 10.9 Å². The van der Waals surface area contributed by atoms with Crippen LogP contribution >= 0.6 is 0 Å². The predicted octanol–water partition coefficient (Wildman–Crippen LogP) is 4.03. The number of carbonyl (C=O) groups excluding carboxylic acids is 1. The second-order valence-corrected chi connectivity index (χ2v) is 7.19. The number of nitrogens with one attached hydrogen (secondary N) is 1. The summed E-state index contributed by atoms with van der Waals surface area (Å²) in [6.07, 6.45) is 3.45. The van der Waals surface area contributed by atoms with E-state index in [1.165, 1.54) is 27.7 Å². The lowest BCUT2D eigenvalue weighted by molar-refractivity contribution is -0.131. The van der Waals surface area contributed by atoms with Gasteiger partial charge in [0.1, 0.15) is 0 Å². The lowest BCUT2D eigenvalue weighted by Gasteiger charge is -2.31. The van der Waals surface area contributed by atoms with Crippen LogP contribution in [0, 0.1) is 6.92 Å². The number of carbonyl (C=O) groups is 1. The monoisotopic (exact) mass is 332 g/mol. The molecule has 3 aromatic rings. The molecular formula is C22H24N2O. The third-order valence-corrected chi connectivity index (χ3v) is 5.49. The molecule has 0 saturated heterocycles. The summed E-state index contributed by atoms with van der Waals surface area (Å²) < 4.78 is 0. The van der Waals surface area contributed by atoms with Crippen molar-refractivity contribution in [1.82, 2.24) is 9.88 Å². The van der Waals surface area contributed by atoms with Crippen LogP contribution in [0.1, 0.15) is 28.8 Å². The topological polar surface area (TPSA) is 36.1 Å². The first-order valence-corrected chi connectivity index (χ1v) is 9.01. The quantitative estimate of drug-likeness (QED) is 0.772. The summed E-state index contributed by atoms with van der Waals surface area (Å²) >= 11 is 0. The van der Waals surface area contributed by atoms with Crippen LogP contribution in [0.4, 0.5) is 0 Å². The molecule has 2 aromatic carbocycles. The van der Waals surface area contributed by atoms with E-state index in [1.54, 1.807) is 0 Å². The van der Waals surface area contributed by atoms with Crippen LogP contribution in [-0.2, 0) is 24.1 Å². The van der Waals surface area contributed by atoms with Crippen LogP contribution < -0.4 is 0 Å². The van der Waals surface area contributed by atoms with Crippen molar-refractivity contribution < 1.29 is 4.79 Å². The normalized spacial score (nSPS) is 16.6. The van der Waals surface area contributed by atoms with Crippen molar-refractivity contribution in [2.45, 2.75) is 38.6 Å². The molecule has 3 heteroatoms. The second-order valence-electron chi connectivity index (χ2n) is 7.19. The van der Waals surface area contributed by atoms with E-state index in [9.17, 15) is 4.79 Å². The van der Waals surface area contributed by atoms with E-state index in [4.69, 9.17) is 0 Å². The molecule has 0 fully saturated rings. The van der Waals surface area contributed by atoms with E-state index in [0.717, 1.165) is 24.8 Å². The minimum absolute atomic E-state index is 0.206. The van der Waals surface area contributed by atoms with Gasteiger partial charge in [-0.15, -0.1) is 0 Å². The minimum atomic E-state index is 0.206. The summed E-state index contributed by atoms with van der Waals surface area (Å²) in [6.45, 7) is 2.07. The molecule has 0 aliphatic heterocycles. The maximum absolute atomic E-state index is 12.7. The van der Waals surface area contributed by atoms with Crippen molar-refractivity contribution in [3.8, 4) is 0 Å². The zero-order valence-electron chi connectivity index (χ0n) is 14.9. The third kappa shape index (κ3) is 3.07. The third-order valence-electron chi connectivity index (χ3n) is 5.49. The Hall–Kier alpha value is -2.55. The van der Waals surface area contributed by atoms with Crippen molar-refractivity contribution in [2.24, 2.45) is 0 Å². The van der Waals surface area contributed by atoms with Crippen molar-refractivity contribution in [2.75, 3.05) is 7.05 Å². The summed E-state index contributed by atoms with van der Waals surface area (Å²) in [5.41, 5.74) is 6.26. The zero-order chi connectivity index (χ0) is 17.4. The highest BCUT2D eigenvalue weighted by atomic mass is 16.2. The molecule has 1 aliphatic carbocycles. The average molecular weight is 332 g/mol. The first-order valence-electron chi connectivity index (χ1n) is 9.01. The van der Waals surface area contributed by atoms with Gasteiger partial charge in [0.05, 0.1) is 6.42 Å². The van der Waals surface area contributed by atoms with Gasteiger partial charge in [-0.05, 0) is 43.4 Å². The Balaban J connectivity index is 1.50. The van der Waals surface area contributed by atoms with Gasteiger partial charge in [0.15, 0.2) is 0 Å². The number of nitrogens with zero attached hydrogens (tertiary/aromatic N) is 1. The fourth-order valence-electron chi connectivity index (χ4n) is 3.89. The number of hydrogen-bond donors (Lipinski definition) is 1. The van der Waals surface area contributed by atoms with Gasteiger partial charge in [0.2, 0.25) is 5.91 Å². The molecule has 1 atom stereocenters. The number of hydrogen-bond acceptors (Lipinski definition) is 1. The molecular weight excluding hydrogens is 308 g/mol. The molecule has 25 heavy (non-hydrogen) atoms. The van der Waals surface area contributed by atoms with Gasteiger partial charge in [-0.3, -0.25) is 4.79 Å². The number of rotatable bonds is 3. The van der Waals surface area contributed by atoms with Gasteiger partial charge in [-0.2, -0.15) is 0 Å². The number of aromatic amines is 1. The summed E-state index contributed by atoms with van der Waals surface area (Å²) in [7, 11) is 1.96. The Labute approximate surface area is 148 Å². The first kappa shape index (κ1) is 15.9. The first-order chi connectivity index (χ1) is 12.1. The smallest absolute Gasteiger partial charge is 0.226 e. The molecule has 4 rings (SSSR count). The lowest BCUT2D eigenvalue weighted by atomic mass is 9.90. The summed E-state index contributed by atoms with van der Waals surface area (Å²) in [5, 5.41) is 1.31. The molecule has 1 aliphatic rings. The van der Waals surface area contributed by atoms with Crippen LogP contribution in [0.5, 0.6) is 0 Å². The van der Waals surface area contributed by atoms with Crippen molar-refractivity contribution in [3.05, 3.63) is 70.9 Å². The molecule has 0 bridgehead atoms. The highest BCUT2D eigenvalue weighted by molar-refractivity contribution is 5.85. The number of amides is 1. The molecule has 1 unspecified atom stereocenters. The Kier molecular flexibility index (Phi) is 4.08. The van der Waals surface area contributed by atoms with Crippen molar-refractivity contribution in [3.63, 3.8) is 0 Å². The fourth-order valence-corrected chi connectivity index (χ4v) is 3.89. The van der Waals surface area contributed by atoms with E-state index >= 15 is 0 Å². The number of aromatic nitrogens is 1. The Morgan fingerprint density at radius 3 is 2.72 bits per heavy atom. The van der Waals surface area contributed by atoms with Crippen LogP contribution in [0.2, 0.25) is 0 Å². The summed E-state index contributed by atoms with van der Waals surface area (Å²) in [5.74, 6) is 0.206. The fraction of sp³-hybridized carbons (Fsp3) is 0.318. The summed E-state index contributed by atoms with van der Waals surface area (Å²) in [6, 6.07) is 17.0. The molecule has 0 saturated carbocycles. The highest BCUT2D eigenvalue weighted by Crippen LogP contribution is 2.30. The molecule has 0 radical (unpaired) electrons. The molecule has 128 valence electrons. The average Bonchev–Trinajstić information content (AvgIpc) is 3.01. The van der Waals surface area contributed by atoms with E-state index in [1.807, 2.05) is 11.9 Å². The second kappa shape index (κ2) is 6.40. The van der Waals surface area contributed by atoms with E-state index in [-0.39, 0.29) is 11.9 Å². The molecule has 1 amide bonds. The number of fused-ring (bicyclic) bond motifs is 3. The van der Waals surface area contributed by atoms with Gasteiger partial charge in [-0.1, -0.05) is 48.0 Å². The number of benzene rings is 2. The molecule has 0 spiro atoms. The lowest BCUT2D eigenvalue weighted by Crippen LogP contribution is -2.41. The SMILES string of the molecule is Cc1ccc(CC(=O)N(C)C2CCc3[nH]c4ccccc4c3C2)cc1. The highest BCUT2D eigenvalue weighted by Gasteiger charge is 2.27. The Morgan fingerprint density at radius 1 is 1.16 bits per heavy atom. The van der Waals surface area contributed by atoms with Gasteiger partial charge >= 0.3 is 0 Å². The molecule has 1 N–H and O–H groups in total. The van der Waals surface area contributed by atoms with Crippen LogP contribution in [0.15, 0.2) is 48.5 Å². The number of likely N-dealkylation sites (N-methyl/N-ethyl adjacent to an activating group) is 1. The van der Waals surface area contributed by atoms with Gasteiger partial charge in [0, 0.05) is 29.7 Å².